The minimum absolute atomic E-state index is 0.154. The SMILES string of the molecule is NC1(c2nc3ccccc3[nH]2)CC1. The van der Waals surface area contributed by atoms with Gasteiger partial charge in [0.15, 0.2) is 0 Å². The molecule has 3 N–H and O–H groups in total. The Morgan fingerprint density at radius 1 is 1.31 bits per heavy atom. The zero-order chi connectivity index (χ0) is 8.89. The van der Waals surface area contributed by atoms with E-state index in [1.54, 1.807) is 0 Å². The molecular formula is C10H11N3. The highest BCUT2D eigenvalue weighted by Crippen LogP contribution is 2.41. The van der Waals surface area contributed by atoms with Gasteiger partial charge in [0.1, 0.15) is 5.82 Å². The van der Waals surface area contributed by atoms with Gasteiger partial charge in [-0.25, -0.2) is 4.98 Å². The van der Waals surface area contributed by atoms with Crippen LogP contribution in [0.3, 0.4) is 0 Å². The van der Waals surface area contributed by atoms with E-state index in [-0.39, 0.29) is 5.54 Å². The fourth-order valence-corrected chi connectivity index (χ4v) is 1.56. The average Bonchev–Trinajstić information content (AvgIpc) is 2.76. The van der Waals surface area contributed by atoms with Crippen molar-refractivity contribution in [2.24, 2.45) is 5.73 Å². The number of nitrogens with one attached hydrogen (secondary N) is 1. The second kappa shape index (κ2) is 2.12. The number of nitrogens with two attached hydrogens (primary N) is 1. The number of nitrogens with zero attached hydrogens (tertiary/aromatic N) is 1. The van der Waals surface area contributed by atoms with Crippen LogP contribution in [0.4, 0.5) is 0 Å². The first-order chi connectivity index (χ1) is 6.28. The first kappa shape index (κ1) is 7.09. The van der Waals surface area contributed by atoms with E-state index in [1.807, 2.05) is 24.3 Å². The van der Waals surface area contributed by atoms with Crippen molar-refractivity contribution in [1.82, 2.24) is 9.97 Å². The molecule has 0 unspecified atom stereocenters. The number of H-pyrrole nitrogens is 1. The van der Waals surface area contributed by atoms with Crippen LogP contribution >= 0.6 is 0 Å². The smallest absolute Gasteiger partial charge is 0.127 e. The average molecular weight is 173 g/mol. The molecule has 1 heterocycles. The molecule has 1 aliphatic carbocycles. The summed E-state index contributed by atoms with van der Waals surface area (Å²) >= 11 is 0. The van der Waals surface area contributed by atoms with Crippen molar-refractivity contribution in [3.8, 4) is 0 Å². The Kier molecular flexibility index (Phi) is 1.15. The minimum Gasteiger partial charge on any atom is -0.340 e. The lowest BCUT2D eigenvalue weighted by molar-refractivity contribution is 0.688. The fraction of sp³-hybridized carbons (Fsp3) is 0.300. The zero-order valence-electron chi connectivity index (χ0n) is 7.25. The van der Waals surface area contributed by atoms with Gasteiger partial charge < -0.3 is 10.7 Å². The van der Waals surface area contributed by atoms with Crippen LogP contribution in [0.15, 0.2) is 24.3 Å². The predicted molar refractivity (Wildman–Crippen MR) is 51.2 cm³/mol. The van der Waals surface area contributed by atoms with Gasteiger partial charge >= 0.3 is 0 Å². The molecule has 2 aromatic rings. The number of hydrogen-bond acceptors (Lipinski definition) is 2. The highest BCUT2D eigenvalue weighted by atomic mass is 15.0. The summed E-state index contributed by atoms with van der Waals surface area (Å²) in [4.78, 5) is 7.73. The first-order valence-corrected chi connectivity index (χ1v) is 4.52. The maximum absolute atomic E-state index is 6.04. The van der Waals surface area contributed by atoms with Gasteiger partial charge in [-0.05, 0) is 25.0 Å². The van der Waals surface area contributed by atoms with E-state index in [0.29, 0.717) is 0 Å². The van der Waals surface area contributed by atoms with Crippen molar-refractivity contribution < 1.29 is 0 Å². The Morgan fingerprint density at radius 3 is 2.77 bits per heavy atom. The Hall–Kier alpha value is -1.35. The lowest BCUT2D eigenvalue weighted by Gasteiger charge is -2.01. The lowest BCUT2D eigenvalue weighted by atomic mass is 10.3. The second-order valence-corrected chi connectivity index (χ2v) is 3.76. The Bertz CT molecular complexity index is 421. The minimum atomic E-state index is -0.154. The number of aromatic amines is 1. The molecule has 3 heteroatoms. The number of benzene rings is 1. The molecule has 0 bridgehead atoms. The van der Waals surface area contributed by atoms with E-state index >= 15 is 0 Å². The highest BCUT2D eigenvalue weighted by molar-refractivity contribution is 5.75. The summed E-state index contributed by atoms with van der Waals surface area (Å²) in [5.74, 6) is 0.939. The van der Waals surface area contributed by atoms with Gasteiger partial charge in [-0.1, -0.05) is 12.1 Å². The standard InChI is InChI=1S/C10H11N3/c11-10(5-6-10)9-12-7-3-1-2-4-8(7)13-9/h1-4H,5-6,11H2,(H,12,13). The fourth-order valence-electron chi connectivity index (χ4n) is 1.56. The Labute approximate surface area is 76.0 Å². The molecule has 13 heavy (non-hydrogen) atoms. The summed E-state index contributed by atoms with van der Waals surface area (Å²) in [7, 11) is 0. The van der Waals surface area contributed by atoms with Gasteiger partial charge in [0, 0.05) is 0 Å². The number of rotatable bonds is 1. The van der Waals surface area contributed by atoms with E-state index in [4.69, 9.17) is 5.73 Å². The van der Waals surface area contributed by atoms with Crippen LogP contribution in [0.5, 0.6) is 0 Å². The maximum atomic E-state index is 6.04. The van der Waals surface area contributed by atoms with E-state index in [0.717, 1.165) is 29.7 Å². The highest BCUT2D eigenvalue weighted by Gasteiger charge is 2.42. The van der Waals surface area contributed by atoms with Gasteiger partial charge in [0.25, 0.3) is 0 Å². The normalized spacial score (nSPS) is 19.2. The largest absolute Gasteiger partial charge is 0.340 e. The second-order valence-electron chi connectivity index (χ2n) is 3.76. The van der Waals surface area contributed by atoms with Gasteiger partial charge in [0.2, 0.25) is 0 Å². The monoisotopic (exact) mass is 173 g/mol. The van der Waals surface area contributed by atoms with Crippen molar-refractivity contribution >= 4 is 11.0 Å². The lowest BCUT2D eigenvalue weighted by Crippen LogP contribution is -2.20. The molecule has 0 radical (unpaired) electrons. The molecule has 0 saturated heterocycles. The van der Waals surface area contributed by atoms with Crippen molar-refractivity contribution in [3.63, 3.8) is 0 Å². The molecule has 1 aliphatic rings. The predicted octanol–water partition coefficient (Wildman–Crippen LogP) is 1.51. The van der Waals surface area contributed by atoms with Crippen molar-refractivity contribution in [2.75, 3.05) is 0 Å². The van der Waals surface area contributed by atoms with Crippen LogP contribution in [0.2, 0.25) is 0 Å². The number of imidazole rings is 1. The zero-order valence-corrected chi connectivity index (χ0v) is 7.25. The summed E-state index contributed by atoms with van der Waals surface area (Å²) in [6.07, 6.45) is 2.10. The maximum Gasteiger partial charge on any atom is 0.127 e. The van der Waals surface area contributed by atoms with E-state index < -0.39 is 0 Å². The van der Waals surface area contributed by atoms with E-state index in [9.17, 15) is 0 Å². The quantitative estimate of drug-likeness (QED) is 0.686. The van der Waals surface area contributed by atoms with Crippen LogP contribution in [-0.2, 0) is 5.54 Å². The molecule has 0 spiro atoms. The van der Waals surface area contributed by atoms with Crippen LogP contribution < -0.4 is 5.73 Å². The van der Waals surface area contributed by atoms with Crippen LogP contribution in [-0.4, -0.2) is 9.97 Å². The van der Waals surface area contributed by atoms with Crippen molar-refractivity contribution in [1.29, 1.82) is 0 Å². The summed E-state index contributed by atoms with van der Waals surface area (Å²) < 4.78 is 0. The third kappa shape index (κ3) is 0.971. The number of hydrogen-bond donors (Lipinski definition) is 2. The Balaban J connectivity index is 2.22. The number of fused-ring (bicyclic) bond motifs is 1. The molecule has 3 nitrogen and oxygen atoms in total. The topological polar surface area (TPSA) is 54.7 Å². The molecular weight excluding hydrogens is 162 g/mol. The summed E-state index contributed by atoms with van der Waals surface area (Å²) in [6, 6.07) is 8.02. The van der Waals surface area contributed by atoms with E-state index in [1.165, 1.54) is 0 Å². The summed E-state index contributed by atoms with van der Waals surface area (Å²) in [5.41, 5.74) is 7.97. The van der Waals surface area contributed by atoms with Gasteiger partial charge in [0.05, 0.1) is 16.6 Å². The van der Waals surface area contributed by atoms with Gasteiger partial charge in [-0.3, -0.25) is 0 Å². The van der Waals surface area contributed by atoms with Gasteiger partial charge in [-0.2, -0.15) is 0 Å². The molecule has 1 aromatic carbocycles. The first-order valence-electron chi connectivity index (χ1n) is 4.52. The Morgan fingerprint density at radius 2 is 2.08 bits per heavy atom. The molecule has 1 fully saturated rings. The molecule has 66 valence electrons. The number of aromatic nitrogens is 2. The van der Waals surface area contributed by atoms with Crippen LogP contribution in [0.1, 0.15) is 18.7 Å². The van der Waals surface area contributed by atoms with Gasteiger partial charge in [-0.15, -0.1) is 0 Å². The summed E-state index contributed by atoms with van der Waals surface area (Å²) in [6.45, 7) is 0. The molecule has 0 amide bonds. The van der Waals surface area contributed by atoms with E-state index in [2.05, 4.69) is 9.97 Å². The molecule has 0 atom stereocenters. The van der Waals surface area contributed by atoms with Crippen LogP contribution in [0, 0.1) is 0 Å². The van der Waals surface area contributed by atoms with Crippen molar-refractivity contribution in [3.05, 3.63) is 30.1 Å². The van der Waals surface area contributed by atoms with Crippen LogP contribution in [0.25, 0.3) is 11.0 Å². The summed E-state index contributed by atoms with van der Waals surface area (Å²) in [5, 5.41) is 0. The van der Waals surface area contributed by atoms with Crippen molar-refractivity contribution in [2.45, 2.75) is 18.4 Å². The number of para-hydroxylation sites is 2. The molecule has 3 rings (SSSR count). The molecule has 1 saturated carbocycles. The molecule has 0 aliphatic heterocycles. The molecule has 1 aromatic heterocycles. The third-order valence-electron chi connectivity index (χ3n) is 2.65. The third-order valence-corrected chi connectivity index (χ3v) is 2.65.